The smallest absolute Gasteiger partial charge is 0.303 e. The number of aldehydes is 1. The Bertz CT molecular complexity index is 168. The molecule has 0 spiro atoms. The van der Waals surface area contributed by atoms with E-state index >= 15 is 0 Å². The Labute approximate surface area is 68.4 Å². The first-order valence-electron chi connectivity index (χ1n) is 3.51. The molecule has 0 saturated carbocycles. The van der Waals surface area contributed by atoms with Crippen LogP contribution in [0.3, 0.4) is 0 Å². The quantitative estimate of drug-likeness (QED) is 0.629. The second kappa shape index (κ2) is 4.79. The molecule has 0 fully saturated rings. The number of alkyl halides is 2. The summed E-state index contributed by atoms with van der Waals surface area (Å²) < 4.78 is 25.1. The zero-order valence-corrected chi connectivity index (χ0v) is 6.43. The monoisotopic (exact) mass is 180 g/mol. The van der Waals surface area contributed by atoms with Gasteiger partial charge in [0.15, 0.2) is 0 Å². The first-order chi connectivity index (χ1) is 5.48. The minimum absolute atomic E-state index is 0.230. The molecule has 0 aromatic rings. The second-order valence-corrected chi connectivity index (χ2v) is 2.46. The number of carboxylic acids is 1. The van der Waals surface area contributed by atoms with Crippen molar-refractivity contribution < 1.29 is 23.5 Å². The Hall–Kier alpha value is -1.00. The summed E-state index contributed by atoms with van der Waals surface area (Å²) in [4.78, 5) is 19.7. The Morgan fingerprint density at radius 1 is 1.42 bits per heavy atom. The molecular formula is C7H10F2O3. The van der Waals surface area contributed by atoms with Crippen LogP contribution in [0.4, 0.5) is 8.78 Å². The number of halogens is 2. The van der Waals surface area contributed by atoms with Crippen molar-refractivity contribution in [2.75, 3.05) is 0 Å². The Balaban J connectivity index is 3.69. The summed E-state index contributed by atoms with van der Waals surface area (Å²) in [5, 5.41) is 8.10. The average Bonchev–Trinajstić information content (AvgIpc) is 1.98. The molecule has 0 atom stereocenters. The molecule has 5 heteroatoms. The lowest BCUT2D eigenvalue weighted by atomic mass is 10.1. The van der Waals surface area contributed by atoms with E-state index in [9.17, 15) is 18.4 Å². The van der Waals surface area contributed by atoms with Gasteiger partial charge in [-0.05, 0) is 0 Å². The zero-order chi connectivity index (χ0) is 9.61. The van der Waals surface area contributed by atoms with Crippen molar-refractivity contribution in [2.24, 2.45) is 0 Å². The number of carbonyl (C=O) groups is 2. The van der Waals surface area contributed by atoms with E-state index in [0.29, 0.717) is 6.29 Å². The highest BCUT2D eigenvalue weighted by molar-refractivity contribution is 5.66. The number of carboxylic acid groups (broad SMARTS) is 1. The molecule has 3 nitrogen and oxygen atoms in total. The van der Waals surface area contributed by atoms with Gasteiger partial charge >= 0.3 is 5.97 Å². The van der Waals surface area contributed by atoms with Gasteiger partial charge in [0, 0.05) is 19.3 Å². The molecule has 0 heterocycles. The van der Waals surface area contributed by atoms with E-state index in [0.717, 1.165) is 0 Å². The van der Waals surface area contributed by atoms with Gasteiger partial charge in [-0.1, -0.05) is 0 Å². The van der Waals surface area contributed by atoms with Crippen molar-refractivity contribution in [1.82, 2.24) is 0 Å². The molecule has 0 amide bonds. The average molecular weight is 180 g/mol. The van der Waals surface area contributed by atoms with Gasteiger partial charge in [0.1, 0.15) is 6.29 Å². The van der Waals surface area contributed by atoms with Crippen LogP contribution >= 0.6 is 0 Å². The van der Waals surface area contributed by atoms with Crippen LogP contribution in [0.2, 0.25) is 0 Å². The molecule has 0 aliphatic heterocycles. The van der Waals surface area contributed by atoms with Crippen LogP contribution in [0.15, 0.2) is 0 Å². The fourth-order valence-corrected chi connectivity index (χ4v) is 0.685. The topological polar surface area (TPSA) is 54.4 Å². The van der Waals surface area contributed by atoms with Gasteiger partial charge in [-0.3, -0.25) is 4.79 Å². The van der Waals surface area contributed by atoms with E-state index < -0.39 is 31.2 Å². The van der Waals surface area contributed by atoms with Gasteiger partial charge in [-0.15, -0.1) is 0 Å². The van der Waals surface area contributed by atoms with E-state index in [-0.39, 0.29) is 6.42 Å². The van der Waals surface area contributed by atoms with E-state index in [1.54, 1.807) is 0 Å². The summed E-state index contributed by atoms with van der Waals surface area (Å²) in [5.74, 6) is -4.28. The second-order valence-electron chi connectivity index (χ2n) is 2.46. The summed E-state index contributed by atoms with van der Waals surface area (Å²) in [6, 6.07) is 0. The number of carbonyl (C=O) groups excluding carboxylic acids is 1. The summed E-state index contributed by atoms with van der Waals surface area (Å²) in [7, 11) is 0. The van der Waals surface area contributed by atoms with Crippen molar-refractivity contribution in [2.45, 2.75) is 31.6 Å². The van der Waals surface area contributed by atoms with Crippen molar-refractivity contribution in [3.63, 3.8) is 0 Å². The first-order valence-corrected chi connectivity index (χ1v) is 3.51. The van der Waals surface area contributed by atoms with Crippen LogP contribution < -0.4 is 0 Å². The minimum Gasteiger partial charge on any atom is -0.481 e. The third-order valence-electron chi connectivity index (χ3n) is 1.33. The SMILES string of the molecule is O=CCCC(F)(F)CCC(=O)O. The molecule has 0 aliphatic rings. The number of hydrogen-bond donors (Lipinski definition) is 1. The summed E-state index contributed by atoms with van der Waals surface area (Å²) in [6.45, 7) is 0. The summed E-state index contributed by atoms with van der Waals surface area (Å²) in [5.41, 5.74) is 0. The van der Waals surface area contributed by atoms with Crippen molar-refractivity contribution in [1.29, 1.82) is 0 Å². The molecule has 0 bridgehead atoms. The first kappa shape index (κ1) is 11.0. The van der Waals surface area contributed by atoms with E-state index in [1.165, 1.54) is 0 Å². The van der Waals surface area contributed by atoms with Crippen molar-refractivity contribution in [3.05, 3.63) is 0 Å². The molecule has 0 aromatic carbocycles. The predicted molar refractivity (Wildman–Crippen MR) is 37.1 cm³/mol. The van der Waals surface area contributed by atoms with E-state index in [4.69, 9.17) is 5.11 Å². The molecule has 0 saturated heterocycles. The van der Waals surface area contributed by atoms with Gasteiger partial charge in [-0.25, -0.2) is 8.78 Å². The standard InChI is InChI=1S/C7H10F2O3/c8-7(9,3-1-5-10)4-2-6(11)12/h5H,1-4H2,(H,11,12). The van der Waals surface area contributed by atoms with Gasteiger partial charge in [-0.2, -0.15) is 0 Å². The lowest BCUT2D eigenvalue weighted by Crippen LogP contribution is -2.17. The van der Waals surface area contributed by atoms with Crippen LogP contribution in [0.25, 0.3) is 0 Å². The third kappa shape index (κ3) is 5.76. The fourth-order valence-electron chi connectivity index (χ4n) is 0.685. The van der Waals surface area contributed by atoms with Crippen LogP contribution in [0.5, 0.6) is 0 Å². The molecule has 12 heavy (non-hydrogen) atoms. The maximum Gasteiger partial charge on any atom is 0.303 e. The summed E-state index contributed by atoms with van der Waals surface area (Å²) in [6.07, 6.45) is -1.66. The van der Waals surface area contributed by atoms with E-state index in [2.05, 4.69) is 0 Å². The summed E-state index contributed by atoms with van der Waals surface area (Å²) >= 11 is 0. The lowest BCUT2D eigenvalue weighted by molar-refractivity contribution is -0.139. The van der Waals surface area contributed by atoms with Crippen LogP contribution in [-0.4, -0.2) is 23.3 Å². The fraction of sp³-hybridized carbons (Fsp3) is 0.714. The Morgan fingerprint density at radius 2 is 2.00 bits per heavy atom. The molecule has 1 N–H and O–H groups in total. The number of hydrogen-bond acceptors (Lipinski definition) is 2. The largest absolute Gasteiger partial charge is 0.481 e. The maximum absolute atomic E-state index is 12.5. The molecular weight excluding hydrogens is 170 g/mol. The number of aliphatic carboxylic acids is 1. The molecule has 0 unspecified atom stereocenters. The molecule has 0 aliphatic carbocycles. The maximum atomic E-state index is 12.5. The zero-order valence-electron chi connectivity index (χ0n) is 6.43. The highest BCUT2D eigenvalue weighted by Gasteiger charge is 2.28. The van der Waals surface area contributed by atoms with Gasteiger partial charge in [0.05, 0.1) is 6.42 Å². The van der Waals surface area contributed by atoms with Crippen LogP contribution in [0, 0.1) is 0 Å². The highest BCUT2D eigenvalue weighted by atomic mass is 19.3. The Morgan fingerprint density at radius 3 is 2.42 bits per heavy atom. The third-order valence-corrected chi connectivity index (χ3v) is 1.33. The van der Waals surface area contributed by atoms with Crippen molar-refractivity contribution in [3.8, 4) is 0 Å². The Kier molecular flexibility index (Phi) is 4.39. The van der Waals surface area contributed by atoms with Gasteiger partial charge in [0.2, 0.25) is 5.92 Å². The minimum atomic E-state index is -3.03. The van der Waals surface area contributed by atoms with Gasteiger partial charge in [0.25, 0.3) is 0 Å². The molecule has 0 radical (unpaired) electrons. The van der Waals surface area contributed by atoms with Gasteiger partial charge < -0.3 is 9.90 Å². The van der Waals surface area contributed by atoms with E-state index in [1.807, 2.05) is 0 Å². The van der Waals surface area contributed by atoms with Crippen LogP contribution in [0.1, 0.15) is 25.7 Å². The number of rotatable bonds is 6. The lowest BCUT2D eigenvalue weighted by Gasteiger charge is -2.12. The molecule has 0 aromatic heterocycles. The predicted octanol–water partition coefficient (Wildman–Crippen LogP) is 1.47. The molecule has 0 rings (SSSR count). The normalized spacial score (nSPS) is 11.2. The van der Waals surface area contributed by atoms with Crippen molar-refractivity contribution >= 4 is 12.3 Å². The highest BCUT2D eigenvalue weighted by Crippen LogP contribution is 2.25. The molecule has 70 valence electrons. The van der Waals surface area contributed by atoms with Crippen LogP contribution in [-0.2, 0) is 9.59 Å².